The molecule has 0 amide bonds. The molecule has 11 aromatic rings. The Morgan fingerprint density at radius 2 is 0.695 bits per heavy atom. The quantitative estimate of drug-likeness (QED) is 0.147. The predicted octanol–water partition coefficient (Wildman–Crippen LogP) is 16.4. The Hall–Kier alpha value is -7.74. The maximum absolute atomic E-state index is 2.45. The highest BCUT2D eigenvalue weighted by molar-refractivity contribution is 6.17. The topological polar surface area (TPSA) is 3.24 Å². The summed E-state index contributed by atoms with van der Waals surface area (Å²) in [5.74, 6) is 0. The number of hydrogen-bond donors (Lipinski definition) is 0. The maximum Gasteiger partial charge on any atom is 0.0546 e. The summed E-state index contributed by atoms with van der Waals surface area (Å²) in [6, 6.07) is 86.4. The fraction of sp³-hybridized carbons (Fsp3) is 0. The Kier molecular flexibility index (Phi) is 8.56. The van der Waals surface area contributed by atoms with Crippen molar-refractivity contribution in [1.29, 1.82) is 0 Å². The molecule has 0 aromatic heterocycles. The highest BCUT2D eigenvalue weighted by atomic mass is 15.1. The molecule has 276 valence electrons. The van der Waals surface area contributed by atoms with E-state index in [1.807, 2.05) is 0 Å². The summed E-state index contributed by atoms with van der Waals surface area (Å²) in [7, 11) is 0. The molecule has 0 fully saturated rings. The summed E-state index contributed by atoms with van der Waals surface area (Å²) < 4.78 is 0. The SMILES string of the molecule is c1ccc(-c2ccc(N(c3ccc(-c4cccc5ccccc45)cc3)c3cccc(-c4cccc5ccccc45)c3-c3cc4ccccc4c4ccccc34)cc2)cc1. The molecule has 0 radical (unpaired) electrons. The summed E-state index contributed by atoms with van der Waals surface area (Å²) in [4.78, 5) is 2.45. The summed E-state index contributed by atoms with van der Waals surface area (Å²) in [6.07, 6.45) is 0. The van der Waals surface area contributed by atoms with E-state index in [4.69, 9.17) is 0 Å². The summed E-state index contributed by atoms with van der Waals surface area (Å²) in [6.45, 7) is 0. The first kappa shape index (κ1) is 34.5. The minimum atomic E-state index is 1.09. The first-order valence-corrected chi connectivity index (χ1v) is 20.3. The molecular formula is C58H39N. The maximum atomic E-state index is 2.45. The molecule has 0 atom stereocenters. The van der Waals surface area contributed by atoms with E-state index in [2.05, 4.69) is 241 Å². The fourth-order valence-corrected chi connectivity index (χ4v) is 9.08. The van der Waals surface area contributed by atoms with Crippen molar-refractivity contribution in [2.45, 2.75) is 0 Å². The molecule has 1 heteroatoms. The molecular weight excluding hydrogens is 711 g/mol. The molecule has 0 bridgehead atoms. The molecule has 0 aliphatic heterocycles. The van der Waals surface area contributed by atoms with E-state index in [9.17, 15) is 0 Å². The Balaban J connectivity index is 1.20. The van der Waals surface area contributed by atoms with Gasteiger partial charge in [0, 0.05) is 16.9 Å². The average Bonchev–Trinajstić information content (AvgIpc) is 3.32. The number of benzene rings is 11. The Morgan fingerprint density at radius 3 is 1.37 bits per heavy atom. The fourth-order valence-electron chi connectivity index (χ4n) is 9.08. The van der Waals surface area contributed by atoms with Crippen LogP contribution in [-0.2, 0) is 0 Å². The zero-order valence-electron chi connectivity index (χ0n) is 32.5. The third-order valence-electron chi connectivity index (χ3n) is 11.9. The number of nitrogens with zero attached hydrogens (tertiary/aromatic N) is 1. The van der Waals surface area contributed by atoms with E-state index in [1.165, 1.54) is 87.6 Å². The van der Waals surface area contributed by atoms with Crippen LogP contribution in [0.25, 0.3) is 87.6 Å². The molecule has 11 rings (SSSR count). The van der Waals surface area contributed by atoms with Crippen molar-refractivity contribution in [3.05, 3.63) is 237 Å². The van der Waals surface area contributed by atoms with Gasteiger partial charge in [-0.05, 0) is 118 Å². The molecule has 0 spiro atoms. The number of rotatable bonds is 7. The molecule has 0 saturated heterocycles. The molecule has 0 heterocycles. The molecule has 0 aliphatic rings. The van der Waals surface area contributed by atoms with Crippen LogP contribution in [0.2, 0.25) is 0 Å². The van der Waals surface area contributed by atoms with E-state index < -0.39 is 0 Å². The van der Waals surface area contributed by atoms with Gasteiger partial charge in [-0.25, -0.2) is 0 Å². The first-order chi connectivity index (χ1) is 29.3. The van der Waals surface area contributed by atoms with Crippen LogP contribution in [0.3, 0.4) is 0 Å². The average molecular weight is 750 g/mol. The lowest BCUT2D eigenvalue weighted by atomic mass is 9.86. The Morgan fingerprint density at radius 1 is 0.237 bits per heavy atom. The van der Waals surface area contributed by atoms with Gasteiger partial charge in [-0.2, -0.15) is 0 Å². The smallest absolute Gasteiger partial charge is 0.0546 e. The molecule has 0 saturated carbocycles. The molecule has 0 unspecified atom stereocenters. The van der Waals surface area contributed by atoms with Crippen LogP contribution in [0.5, 0.6) is 0 Å². The van der Waals surface area contributed by atoms with Crippen molar-refractivity contribution in [1.82, 2.24) is 0 Å². The Labute approximate surface area is 344 Å². The normalized spacial score (nSPS) is 11.4. The van der Waals surface area contributed by atoms with Crippen LogP contribution in [0.4, 0.5) is 17.1 Å². The van der Waals surface area contributed by atoms with Gasteiger partial charge in [-0.15, -0.1) is 0 Å². The van der Waals surface area contributed by atoms with Gasteiger partial charge in [0.2, 0.25) is 0 Å². The van der Waals surface area contributed by atoms with E-state index >= 15 is 0 Å². The van der Waals surface area contributed by atoms with Crippen molar-refractivity contribution < 1.29 is 0 Å². The Bertz CT molecular complexity index is 3300. The largest absolute Gasteiger partial charge is 0.310 e. The van der Waals surface area contributed by atoms with Crippen LogP contribution >= 0.6 is 0 Å². The first-order valence-electron chi connectivity index (χ1n) is 20.3. The standard InChI is InChI=1S/C58H39N/c1-2-15-40(16-3-1)41-31-35-46(36-32-41)59(47-37-33-44(34-38-47)49-27-12-20-42-17-4-7-22-48(42)49)57-30-14-29-55(53-28-13-21-43-18-5-8-23-50(43)53)58(57)56-39-45-19-6-9-24-51(45)52-25-10-11-26-54(52)56/h1-39H. The second kappa shape index (κ2) is 14.6. The summed E-state index contributed by atoms with van der Waals surface area (Å²) in [5.41, 5.74) is 12.9. The lowest BCUT2D eigenvalue weighted by molar-refractivity contribution is 1.28. The van der Waals surface area contributed by atoms with E-state index in [0.717, 1.165) is 17.1 Å². The van der Waals surface area contributed by atoms with Gasteiger partial charge in [-0.3, -0.25) is 0 Å². The minimum absolute atomic E-state index is 1.09. The van der Waals surface area contributed by atoms with Crippen LogP contribution in [0.15, 0.2) is 237 Å². The van der Waals surface area contributed by atoms with Crippen LogP contribution in [-0.4, -0.2) is 0 Å². The number of fused-ring (bicyclic) bond motifs is 5. The zero-order valence-corrected chi connectivity index (χ0v) is 32.5. The van der Waals surface area contributed by atoms with Crippen molar-refractivity contribution in [2.24, 2.45) is 0 Å². The molecule has 11 aromatic carbocycles. The lowest BCUT2D eigenvalue weighted by Crippen LogP contribution is -2.12. The van der Waals surface area contributed by atoms with Crippen molar-refractivity contribution in [3.8, 4) is 44.5 Å². The number of hydrogen-bond acceptors (Lipinski definition) is 1. The van der Waals surface area contributed by atoms with Crippen molar-refractivity contribution in [3.63, 3.8) is 0 Å². The van der Waals surface area contributed by atoms with E-state index in [0.29, 0.717) is 0 Å². The summed E-state index contributed by atoms with van der Waals surface area (Å²) >= 11 is 0. The highest BCUT2D eigenvalue weighted by Gasteiger charge is 2.24. The van der Waals surface area contributed by atoms with Crippen molar-refractivity contribution in [2.75, 3.05) is 4.90 Å². The highest BCUT2D eigenvalue weighted by Crippen LogP contribution is 2.49. The summed E-state index contributed by atoms with van der Waals surface area (Å²) in [5, 5.41) is 9.91. The van der Waals surface area contributed by atoms with E-state index in [1.54, 1.807) is 0 Å². The van der Waals surface area contributed by atoms with Gasteiger partial charge in [0.15, 0.2) is 0 Å². The van der Waals surface area contributed by atoms with Crippen LogP contribution in [0.1, 0.15) is 0 Å². The van der Waals surface area contributed by atoms with Gasteiger partial charge < -0.3 is 4.90 Å². The monoisotopic (exact) mass is 749 g/mol. The molecule has 0 aliphatic carbocycles. The van der Waals surface area contributed by atoms with Gasteiger partial charge in [0.25, 0.3) is 0 Å². The van der Waals surface area contributed by atoms with Crippen LogP contribution < -0.4 is 4.90 Å². The van der Waals surface area contributed by atoms with Gasteiger partial charge in [0.05, 0.1) is 5.69 Å². The number of anilines is 3. The van der Waals surface area contributed by atoms with Gasteiger partial charge in [-0.1, -0.05) is 200 Å². The predicted molar refractivity (Wildman–Crippen MR) is 253 cm³/mol. The van der Waals surface area contributed by atoms with Gasteiger partial charge >= 0.3 is 0 Å². The molecule has 0 N–H and O–H groups in total. The lowest BCUT2D eigenvalue weighted by Gasteiger charge is -2.30. The zero-order chi connectivity index (χ0) is 39.1. The van der Waals surface area contributed by atoms with Crippen LogP contribution in [0, 0.1) is 0 Å². The van der Waals surface area contributed by atoms with E-state index in [-0.39, 0.29) is 0 Å². The van der Waals surface area contributed by atoms with Gasteiger partial charge in [0.1, 0.15) is 0 Å². The third kappa shape index (κ3) is 6.12. The second-order valence-electron chi connectivity index (χ2n) is 15.2. The third-order valence-corrected chi connectivity index (χ3v) is 11.9. The molecule has 1 nitrogen and oxygen atoms in total. The minimum Gasteiger partial charge on any atom is -0.310 e. The second-order valence-corrected chi connectivity index (χ2v) is 15.2. The molecule has 59 heavy (non-hydrogen) atoms. The van der Waals surface area contributed by atoms with Crippen molar-refractivity contribution >= 4 is 60.2 Å².